The van der Waals surface area contributed by atoms with E-state index in [1.807, 2.05) is 48.1 Å². The van der Waals surface area contributed by atoms with Gasteiger partial charge in [-0.2, -0.15) is 5.10 Å². The number of hydrogen-bond donors (Lipinski definition) is 1. The number of nitrogens with zero attached hydrogens (tertiary/aromatic N) is 3. The zero-order valence-corrected chi connectivity index (χ0v) is 19.6. The van der Waals surface area contributed by atoms with E-state index in [-0.39, 0.29) is 31.2 Å². The number of benzene rings is 1. The molecule has 1 saturated carbocycles. The van der Waals surface area contributed by atoms with Gasteiger partial charge in [-0.1, -0.05) is 30.3 Å². The molecular formula is C25H33FN4O4. The van der Waals surface area contributed by atoms with E-state index in [1.165, 1.54) is 6.42 Å². The average Bonchev–Trinajstić information content (AvgIpc) is 3.49. The molecule has 1 aromatic carbocycles. The summed E-state index contributed by atoms with van der Waals surface area (Å²) < 4.78 is 33.3. The van der Waals surface area contributed by atoms with Crippen LogP contribution in [0.5, 0.6) is 5.75 Å². The van der Waals surface area contributed by atoms with Crippen molar-refractivity contribution >= 4 is 6.09 Å². The molecule has 3 aliphatic rings. The molecule has 4 atom stereocenters. The van der Waals surface area contributed by atoms with Crippen molar-refractivity contribution in [1.82, 2.24) is 20.0 Å². The summed E-state index contributed by atoms with van der Waals surface area (Å²) in [7, 11) is 0. The van der Waals surface area contributed by atoms with Crippen LogP contribution in [0.25, 0.3) is 0 Å². The molecule has 34 heavy (non-hydrogen) atoms. The average molecular weight is 473 g/mol. The summed E-state index contributed by atoms with van der Waals surface area (Å²) >= 11 is 0. The second-order valence-electron chi connectivity index (χ2n) is 9.60. The number of alkyl halides is 1. The number of carbonyl (C=O) groups is 1. The number of nitrogens with one attached hydrogen (secondary N) is 1. The minimum absolute atomic E-state index is 0.0106. The lowest BCUT2D eigenvalue weighted by molar-refractivity contribution is 0.130. The summed E-state index contributed by atoms with van der Waals surface area (Å²) in [5.41, 5.74) is 1.79. The molecule has 1 N–H and O–H groups in total. The third-order valence-electron chi connectivity index (χ3n) is 7.21. The molecule has 0 radical (unpaired) electrons. The molecular weight excluding hydrogens is 439 g/mol. The molecule has 1 aliphatic carbocycles. The molecule has 0 bridgehead atoms. The van der Waals surface area contributed by atoms with Crippen LogP contribution in [-0.2, 0) is 16.1 Å². The Bertz CT molecular complexity index is 967. The van der Waals surface area contributed by atoms with Gasteiger partial charge in [0.1, 0.15) is 18.5 Å². The van der Waals surface area contributed by atoms with Crippen LogP contribution in [0.4, 0.5) is 9.18 Å². The van der Waals surface area contributed by atoms with Gasteiger partial charge in [0.25, 0.3) is 0 Å². The van der Waals surface area contributed by atoms with Gasteiger partial charge in [0.05, 0.1) is 44.1 Å². The molecule has 8 nitrogen and oxygen atoms in total. The fourth-order valence-corrected chi connectivity index (χ4v) is 4.92. The maximum Gasteiger partial charge on any atom is 0.407 e. The summed E-state index contributed by atoms with van der Waals surface area (Å²) in [6, 6.07) is 9.52. The second-order valence-corrected chi connectivity index (χ2v) is 9.60. The van der Waals surface area contributed by atoms with E-state index >= 15 is 0 Å². The first-order valence-electron chi connectivity index (χ1n) is 12.2. The lowest BCUT2D eigenvalue weighted by Crippen LogP contribution is -2.44. The van der Waals surface area contributed by atoms with E-state index in [2.05, 4.69) is 15.3 Å². The van der Waals surface area contributed by atoms with Crippen LogP contribution >= 0.6 is 0 Å². The number of hydrogen-bond acceptors (Lipinski definition) is 6. The lowest BCUT2D eigenvalue weighted by Gasteiger charge is -2.25. The predicted octanol–water partition coefficient (Wildman–Crippen LogP) is 3.26. The number of amides is 1. The summed E-state index contributed by atoms with van der Waals surface area (Å²) in [6.45, 7) is 4.20. The van der Waals surface area contributed by atoms with Crippen molar-refractivity contribution in [2.75, 3.05) is 32.9 Å². The van der Waals surface area contributed by atoms with Crippen LogP contribution < -0.4 is 10.1 Å². The SMILES string of the molecule is Cc1nn(C2CCC2)cc1OC[C@H]1CN(C2COCC2F)C[C@@H]1NC(=O)OCc1ccccc1. The Morgan fingerprint density at radius 3 is 2.76 bits per heavy atom. The topological polar surface area (TPSA) is 77.9 Å². The molecule has 1 amide bonds. The zero-order valence-electron chi connectivity index (χ0n) is 19.6. The van der Waals surface area contributed by atoms with Gasteiger partial charge in [0.15, 0.2) is 5.75 Å². The quantitative estimate of drug-likeness (QED) is 0.636. The fourth-order valence-electron chi connectivity index (χ4n) is 4.92. The van der Waals surface area contributed by atoms with Crippen molar-refractivity contribution in [2.24, 2.45) is 5.92 Å². The number of carbonyl (C=O) groups excluding carboxylic acids is 1. The van der Waals surface area contributed by atoms with Crippen LogP contribution in [0.1, 0.15) is 36.6 Å². The molecule has 184 valence electrons. The van der Waals surface area contributed by atoms with Gasteiger partial charge in [0, 0.05) is 19.0 Å². The number of likely N-dealkylation sites (tertiary alicyclic amines) is 1. The van der Waals surface area contributed by atoms with Crippen molar-refractivity contribution < 1.29 is 23.4 Å². The Kier molecular flexibility index (Phi) is 7.01. The third-order valence-corrected chi connectivity index (χ3v) is 7.21. The standard InChI is InChI=1S/C25H33FN4O4/c1-17-24(12-30(28-17)20-8-5-9-20)33-14-19-10-29(23-16-32-15-21(23)26)11-22(19)27-25(31)34-13-18-6-3-2-4-7-18/h2-4,6-7,12,19-23H,5,8-11,13-16H2,1H3,(H,27,31)/t19-,21?,22+,23?/m1/s1. The van der Waals surface area contributed by atoms with Gasteiger partial charge >= 0.3 is 6.09 Å². The Labute approximate surface area is 199 Å². The predicted molar refractivity (Wildman–Crippen MR) is 123 cm³/mol. The summed E-state index contributed by atoms with van der Waals surface area (Å²) in [4.78, 5) is 14.6. The smallest absolute Gasteiger partial charge is 0.407 e. The van der Waals surface area contributed by atoms with Crippen LogP contribution in [0.2, 0.25) is 0 Å². The van der Waals surface area contributed by atoms with Crippen LogP contribution in [0.3, 0.4) is 0 Å². The normalized spacial score (nSPS) is 27.5. The van der Waals surface area contributed by atoms with Gasteiger partial charge in [-0.05, 0) is 31.7 Å². The van der Waals surface area contributed by atoms with Crippen molar-refractivity contribution in [3.05, 3.63) is 47.8 Å². The van der Waals surface area contributed by atoms with Crippen molar-refractivity contribution in [2.45, 2.75) is 57.1 Å². The molecule has 2 unspecified atom stereocenters. The van der Waals surface area contributed by atoms with Gasteiger partial charge in [-0.15, -0.1) is 0 Å². The molecule has 9 heteroatoms. The first-order valence-corrected chi connectivity index (χ1v) is 12.2. The van der Waals surface area contributed by atoms with Crippen LogP contribution in [0.15, 0.2) is 36.5 Å². The Morgan fingerprint density at radius 1 is 1.24 bits per heavy atom. The highest BCUT2D eigenvalue weighted by Gasteiger charge is 2.42. The molecule has 2 saturated heterocycles. The minimum Gasteiger partial charge on any atom is -0.490 e. The van der Waals surface area contributed by atoms with E-state index in [0.29, 0.717) is 32.3 Å². The van der Waals surface area contributed by atoms with Crippen LogP contribution in [-0.4, -0.2) is 71.9 Å². The molecule has 2 aliphatic heterocycles. The molecule has 5 rings (SSSR count). The minimum atomic E-state index is -1.02. The number of rotatable bonds is 8. The van der Waals surface area contributed by atoms with E-state index in [0.717, 1.165) is 29.8 Å². The highest BCUT2D eigenvalue weighted by molar-refractivity contribution is 5.67. The zero-order chi connectivity index (χ0) is 23.5. The number of aryl methyl sites for hydroxylation is 1. The number of ether oxygens (including phenoxy) is 3. The monoisotopic (exact) mass is 472 g/mol. The summed E-state index contributed by atoms with van der Waals surface area (Å²) in [5.74, 6) is 0.756. The Morgan fingerprint density at radius 2 is 2.06 bits per heavy atom. The van der Waals surface area contributed by atoms with Crippen molar-refractivity contribution in [3.8, 4) is 5.75 Å². The van der Waals surface area contributed by atoms with Crippen molar-refractivity contribution in [3.63, 3.8) is 0 Å². The largest absolute Gasteiger partial charge is 0.490 e. The maximum absolute atomic E-state index is 14.4. The van der Waals surface area contributed by atoms with E-state index < -0.39 is 12.3 Å². The third kappa shape index (κ3) is 5.20. The van der Waals surface area contributed by atoms with Gasteiger partial charge in [-0.25, -0.2) is 9.18 Å². The molecule has 0 spiro atoms. The highest BCUT2D eigenvalue weighted by Crippen LogP contribution is 2.33. The summed E-state index contributed by atoms with van der Waals surface area (Å²) in [6.07, 6.45) is 4.03. The highest BCUT2D eigenvalue weighted by atomic mass is 19.1. The molecule has 1 aromatic heterocycles. The van der Waals surface area contributed by atoms with Gasteiger partial charge in [0.2, 0.25) is 0 Å². The van der Waals surface area contributed by atoms with E-state index in [1.54, 1.807) is 0 Å². The van der Waals surface area contributed by atoms with Gasteiger partial charge < -0.3 is 19.5 Å². The first kappa shape index (κ1) is 23.1. The van der Waals surface area contributed by atoms with Gasteiger partial charge in [-0.3, -0.25) is 9.58 Å². The number of alkyl carbamates (subject to hydrolysis) is 1. The first-order chi connectivity index (χ1) is 16.6. The second kappa shape index (κ2) is 10.3. The number of aromatic nitrogens is 2. The Hall–Kier alpha value is -2.65. The van der Waals surface area contributed by atoms with E-state index in [9.17, 15) is 9.18 Å². The van der Waals surface area contributed by atoms with Crippen molar-refractivity contribution in [1.29, 1.82) is 0 Å². The molecule has 2 aromatic rings. The maximum atomic E-state index is 14.4. The Balaban J connectivity index is 1.21. The van der Waals surface area contributed by atoms with Crippen LogP contribution in [0, 0.1) is 12.8 Å². The van der Waals surface area contributed by atoms with E-state index in [4.69, 9.17) is 14.2 Å². The number of halogens is 1. The fraction of sp³-hybridized carbons (Fsp3) is 0.600. The molecule has 3 fully saturated rings. The summed E-state index contributed by atoms with van der Waals surface area (Å²) in [5, 5.41) is 7.60. The lowest BCUT2D eigenvalue weighted by atomic mass is 9.93. The molecule has 3 heterocycles.